The third kappa shape index (κ3) is 2.81. The zero-order chi connectivity index (χ0) is 17.2. The molecule has 0 aliphatic rings. The van der Waals surface area contributed by atoms with E-state index in [-0.39, 0.29) is 5.69 Å². The molecule has 0 saturated carbocycles. The SMILES string of the molecule is O=C(NNC(=O)c1c[nH]c2ccccc12)c1ccc2ccccc2n1. The highest BCUT2D eigenvalue weighted by Crippen LogP contribution is 2.17. The van der Waals surface area contributed by atoms with E-state index < -0.39 is 11.8 Å². The number of amides is 2. The number of rotatable bonds is 2. The molecule has 6 nitrogen and oxygen atoms in total. The molecule has 0 aliphatic heterocycles. The van der Waals surface area contributed by atoms with Crippen LogP contribution in [0, 0.1) is 0 Å². The van der Waals surface area contributed by atoms with Crippen molar-refractivity contribution in [1.82, 2.24) is 20.8 Å². The zero-order valence-corrected chi connectivity index (χ0v) is 13.1. The van der Waals surface area contributed by atoms with E-state index >= 15 is 0 Å². The van der Waals surface area contributed by atoms with Crippen molar-refractivity contribution in [2.75, 3.05) is 0 Å². The number of nitrogens with zero attached hydrogens (tertiary/aromatic N) is 1. The Bertz CT molecular complexity index is 1100. The number of hydrogen-bond acceptors (Lipinski definition) is 3. The van der Waals surface area contributed by atoms with Crippen LogP contribution >= 0.6 is 0 Å². The standard InChI is InChI=1S/C19H14N4O2/c24-18(14-11-20-16-8-4-2-6-13(14)16)22-23-19(25)17-10-9-12-5-1-3-7-15(12)21-17/h1-11,20H,(H,22,24)(H,23,25). The van der Waals surface area contributed by atoms with Crippen molar-refractivity contribution in [3.05, 3.63) is 78.1 Å². The Hall–Kier alpha value is -3.67. The van der Waals surface area contributed by atoms with Crippen LogP contribution < -0.4 is 10.9 Å². The van der Waals surface area contributed by atoms with Gasteiger partial charge >= 0.3 is 0 Å². The summed E-state index contributed by atoms with van der Waals surface area (Å²) in [5, 5.41) is 1.74. The monoisotopic (exact) mass is 330 g/mol. The quantitative estimate of drug-likeness (QED) is 0.494. The molecule has 2 heterocycles. The van der Waals surface area contributed by atoms with Crippen molar-refractivity contribution >= 4 is 33.6 Å². The number of nitrogens with one attached hydrogen (secondary N) is 3. The van der Waals surface area contributed by atoms with Crippen LogP contribution in [0.25, 0.3) is 21.8 Å². The summed E-state index contributed by atoms with van der Waals surface area (Å²) in [5.74, 6) is -0.870. The number of hydrazine groups is 1. The van der Waals surface area contributed by atoms with Crippen LogP contribution in [0.4, 0.5) is 0 Å². The summed E-state index contributed by atoms with van der Waals surface area (Å²) in [7, 11) is 0. The van der Waals surface area contributed by atoms with E-state index in [0.717, 1.165) is 21.8 Å². The molecule has 2 aromatic heterocycles. The van der Waals surface area contributed by atoms with Crippen molar-refractivity contribution in [3.8, 4) is 0 Å². The van der Waals surface area contributed by atoms with Gasteiger partial charge in [0.2, 0.25) is 0 Å². The van der Waals surface area contributed by atoms with E-state index in [4.69, 9.17) is 0 Å². The molecule has 0 saturated heterocycles. The van der Waals surface area contributed by atoms with E-state index in [1.807, 2.05) is 54.6 Å². The van der Waals surface area contributed by atoms with Gasteiger partial charge in [-0.2, -0.15) is 0 Å². The summed E-state index contributed by atoms with van der Waals surface area (Å²) in [6.07, 6.45) is 1.61. The smallest absolute Gasteiger partial charge is 0.288 e. The fourth-order valence-corrected chi connectivity index (χ4v) is 2.70. The predicted molar refractivity (Wildman–Crippen MR) is 95.0 cm³/mol. The van der Waals surface area contributed by atoms with E-state index in [0.29, 0.717) is 5.56 Å². The minimum Gasteiger partial charge on any atom is -0.360 e. The Morgan fingerprint density at radius 3 is 2.52 bits per heavy atom. The number of hydrogen-bond donors (Lipinski definition) is 3. The normalized spacial score (nSPS) is 10.7. The topological polar surface area (TPSA) is 86.9 Å². The molecule has 0 unspecified atom stereocenters. The number of fused-ring (bicyclic) bond motifs is 2. The van der Waals surface area contributed by atoms with Gasteiger partial charge in [0.05, 0.1) is 11.1 Å². The minimum atomic E-state index is -0.473. The Labute approximate surface area is 142 Å². The Morgan fingerprint density at radius 2 is 1.60 bits per heavy atom. The van der Waals surface area contributed by atoms with Gasteiger partial charge in [0, 0.05) is 22.5 Å². The van der Waals surface area contributed by atoms with Crippen LogP contribution in [0.5, 0.6) is 0 Å². The number of carbonyl (C=O) groups excluding carboxylic acids is 2. The molecule has 25 heavy (non-hydrogen) atoms. The third-order valence-corrected chi connectivity index (χ3v) is 3.95. The van der Waals surface area contributed by atoms with Crippen molar-refractivity contribution in [2.45, 2.75) is 0 Å². The minimum absolute atomic E-state index is 0.234. The van der Waals surface area contributed by atoms with Gasteiger partial charge in [-0.05, 0) is 18.2 Å². The van der Waals surface area contributed by atoms with Crippen molar-refractivity contribution in [3.63, 3.8) is 0 Å². The summed E-state index contributed by atoms with van der Waals surface area (Å²) in [6.45, 7) is 0. The molecule has 0 bridgehead atoms. The largest absolute Gasteiger partial charge is 0.360 e. The predicted octanol–water partition coefficient (Wildman–Crippen LogP) is 2.79. The lowest BCUT2D eigenvalue weighted by molar-refractivity contribution is 0.0845. The van der Waals surface area contributed by atoms with Gasteiger partial charge in [0.15, 0.2) is 0 Å². The fraction of sp³-hybridized carbons (Fsp3) is 0. The molecule has 4 aromatic rings. The maximum absolute atomic E-state index is 12.3. The third-order valence-electron chi connectivity index (χ3n) is 3.95. The highest BCUT2D eigenvalue weighted by molar-refractivity contribution is 6.07. The molecular formula is C19H14N4O2. The molecule has 2 aromatic carbocycles. The highest BCUT2D eigenvalue weighted by atomic mass is 16.2. The number of para-hydroxylation sites is 2. The van der Waals surface area contributed by atoms with Crippen LogP contribution in [-0.2, 0) is 0 Å². The van der Waals surface area contributed by atoms with Gasteiger partial charge < -0.3 is 4.98 Å². The summed E-state index contributed by atoms with van der Waals surface area (Å²) in [5.41, 5.74) is 7.10. The Morgan fingerprint density at radius 1 is 0.840 bits per heavy atom. The first kappa shape index (κ1) is 14.9. The molecule has 0 spiro atoms. The molecule has 4 rings (SSSR count). The molecule has 122 valence electrons. The first-order valence-electron chi connectivity index (χ1n) is 7.75. The van der Waals surface area contributed by atoms with Gasteiger partial charge in [-0.25, -0.2) is 4.98 Å². The van der Waals surface area contributed by atoms with Crippen molar-refractivity contribution in [1.29, 1.82) is 0 Å². The number of pyridine rings is 1. The average Bonchev–Trinajstić information content (AvgIpc) is 3.09. The molecule has 0 atom stereocenters. The summed E-state index contributed by atoms with van der Waals surface area (Å²) >= 11 is 0. The van der Waals surface area contributed by atoms with Crippen LogP contribution in [0.1, 0.15) is 20.8 Å². The highest BCUT2D eigenvalue weighted by Gasteiger charge is 2.14. The molecule has 0 radical (unpaired) electrons. The van der Waals surface area contributed by atoms with Crippen LogP contribution in [-0.4, -0.2) is 21.8 Å². The maximum atomic E-state index is 12.3. The lowest BCUT2D eigenvalue weighted by Crippen LogP contribution is -2.41. The Balaban J connectivity index is 1.50. The van der Waals surface area contributed by atoms with E-state index in [9.17, 15) is 9.59 Å². The number of aromatic nitrogens is 2. The van der Waals surface area contributed by atoms with Gasteiger partial charge in [0.1, 0.15) is 5.69 Å². The Kier molecular flexibility index (Phi) is 3.63. The molecule has 6 heteroatoms. The second-order valence-corrected chi connectivity index (χ2v) is 5.55. The van der Waals surface area contributed by atoms with Gasteiger partial charge in [-0.15, -0.1) is 0 Å². The fourth-order valence-electron chi connectivity index (χ4n) is 2.70. The van der Waals surface area contributed by atoms with Gasteiger partial charge in [-0.3, -0.25) is 20.4 Å². The van der Waals surface area contributed by atoms with E-state index in [1.165, 1.54) is 0 Å². The second-order valence-electron chi connectivity index (χ2n) is 5.55. The molecule has 3 N–H and O–H groups in total. The maximum Gasteiger partial charge on any atom is 0.288 e. The van der Waals surface area contributed by atoms with E-state index in [2.05, 4.69) is 20.8 Å². The van der Waals surface area contributed by atoms with Gasteiger partial charge in [0.25, 0.3) is 11.8 Å². The van der Waals surface area contributed by atoms with Crippen LogP contribution in [0.15, 0.2) is 66.9 Å². The molecule has 2 amide bonds. The number of benzene rings is 2. The number of aromatic amines is 1. The number of carbonyl (C=O) groups is 2. The van der Waals surface area contributed by atoms with E-state index in [1.54, 1.807) is 12.3 Å². The first-order chi connectivity index (χ1) is 12.2. The lowest BCUT2D eigenvalue weighted by atomic mass is 10.2. The molecule has 0 fully saturated rings. The van der Waals surface area contributed by atoms with Crippen LogP contribution in [0.3, 0.4) is 0 Å². The number of H-pyrrole nitrogens is 1. The molecule has 0 aliphatic carbocycles. The zero-order valence-electron chi connectivity index (χ0n) is 13.1. The van der Waals surface area contributed by atoms with Crippen LogP contribution in [0.2, 0.25) is 0 Å². The lowest BCUT2D eigenvalue weighted by Gasteiger charge is -2.07. The van der Waals surface area contributed by atoms with Crippen molar-refractivity contribution in [2.24, 2.45) is 0 Å². The second kappa shape index (κ2) is 6.09. The first-order valence-corrected chi connectivity index (χ1v) is 7.75. The summed E-state index contributed by atoms with van der Waals surface area (Å²) < 4.78 is 0. The van der Waals surface area contributed by atoms with Gasteiger partial charge in [-0.1, -0.05) is 42.5 Å². The summed E-state index contributed by atoms with van der Waals surface area (Å²) in [6, 6.07) is 18.4. The average molecular weight is 330 g/mol. The summed E-state index contributed by atoms with van der Waals surface area (Å²) in [4.78, 5) is 31.9. The molecular weight excluding hydrogens is 316 g/mol. The van der Waals surface area contributed by atoms with Crippen molar-refractivity contribution < 1.29 is 9.59 Å².